The molecular formula is C16H21NO2. The van der Waals surface area contributed by atoms with Crippen LogP contribution in [0.15, 0.2) is 36.4 Å². The van der Waals surface area contributed by atoms with Crippen molar-refractivity contribution in [2.45, 2.75) is 32.4 Å². The van der Waals surface area contributed by atoms with E-state index in [0.29, 0.717) is 13.0 Å². The minimum Gasteiger partial charge on any atom is -0.490 e. The van der Waals surface area contributed by atoms with Crippen molar-refractivity contribution in [2.24, 2.45) is 5.73 Å². The lowest BCUT2D eigenvalue weighted by molar-refractivity contribution is 0.104. The molecule has 19 heavy (non-hydrogen) atoms. The third-order valence-electron chi connectivity index (χ3n) is 3.29. The number of nitrogens with two attached hydrogens (primary N) is 1. The van der Waals surface area contributed by atoms with Gasteiger partial charge in [0.1, 0.15) is 12.4 Å². The van der Waals surface area contributed by atoms with Crippen molar-refractivity contribution < 1.29 is 9.84 Å². The van der Waals surface area contributed by atoms with Gasteiger partial charge in [-0.15, -0.1) is 0 Å². The SMILES string of the molecule is CCC(O)COc1c([C@H](C)N)ccc2ccccc12. The minimum absolute atomic E-state index is 0.0987. The van der Waals surface area contributed by atoms with Gasteiger partial charge in [0.25, 0.3) is 0 Å². The first-order chi connectivity index (χ1) is 9.13. The molecule has 0 bridgehead atoms. The Morgan fingerprint density at radius 2 is 1.95 bits per heavy atom. The largest absolute Gasteiger partial charge is 0.490 e. The topological polar surface area (TPSA) is 55.5 Å². The summed E-state index contributed by atoms with van der Waals surface area (Å²) in [6.07, 6.45) is 0.234. The molecule has 102 valence electrons. The highest BCUT2D eigenvalue weighted by molar-refractivity contribution is 5.89. The van der Waals surface area contributed by atoms with Crippen LogP contribution in [0.3, 0.4) is 0 Å². The van der Waals surface area contributed by atoms with Crippen molar-refractivity contribution in [3.8, 4) is 5.75 Å². The lowest BCUT2D eigenvalue weighted by atomic mass is 10.0. The van der Waals surface area contributed by atoms with Crippen molar-refractivity contribution in [1.82, 2.24) is 0 Å². The Labute approximate surface area is 114 Å². The first kappa shape index (κ1) is 13.8. The van der Waals surface area contributed by atoms with E-state index in [1.165, 1.54) is 0 Å². The molecule has 1 unspecified atom stereocenters. The van der Waals surface area contributed by atoms with E-state index < -0.39 is 6.10 Å². The maximum atomic E-state index is 9.66. The maximum Gasteiger partial charge on any atom is 0.132 e. The Morgan fingerprint density at radius 3 is 2.63 bits per heavy atom. The molecule has 0 amide bonds. The van der Waals surface area contributed by atoms with Gasteiger partial charge < -0.3 is 15.6 Å². The Hall–Kier alpha value is -1.58. The molecular weight excluding hydrogens is 238 g/mol. The zero-order chi connectivity index (χ0) is 13.8. The fraction of sp³-hybridized carbons (Fsp3) is 0.375. The molecule has 2 aromatic carbocycles. The molecule has 0 aromatic heterocycles. The van der Waals surface area contributed by atoms with E-state index in [0.717, 1.165) is 22.1 Å². The summed E-state index contributed by atoms with van der Waals surface area (Å²) < 4.78 is 5.83. The first-order valence-electron chi connectivity index (χ1n) is 6.71. The molecule has 2 atom stereocenters. The van der Waals surface area contributed by atoms with Crippen LogP contribution < -0.4 is 10.5 Å². The van der Waals surface area contributed by atoms with Gasteiger partial charge in [0.2, 0.25) is 0 Å². The second-order valence-electron chi connectivity index (χ2n) is 4.87. The molecule has 0 fully saturated rings. The molecule has 0 aliphatic rings. The Kier molecular flexibility index (Phi) is 4.40. The molecule has 3 nitrogen and oxygen atoms in total. The fourth-order valence-electron chi connectivity index (χ4n) is 2.08. The highest BCUT2D eigenvalue weighted by Gasteiger charge is 2.13. The van der Waals surface area contributed by atoms with Gasteiger partial charge in [-0.3, -0.25) is 0 Å². The van der Waals surface area contributed by atoms with Crippen LogP contribution >= 0.6 is 0 Å². The zero-order valence-corrected chi connectivity index (χ0v) is 11.5. The van der Waals surface area contributed by atoms with Gasteiger partial charge in [0.15, 0.2) is 0 Å². The average Bonchev–Trinajstić information content (AvgIpc) is 2.43. The van der Waals surface area contributed by atoms with Crippen molar-refractivity contribution in [2.75, 3.05) is 6.61 Å². The summed E-state index contributed by atoms with van der Waals surface area (Å²) in [7, 11) is 0. The van der Waals surface area contributed by atoms with Crippen molar-refractivity contribution in [1.29, 1.82) is 0 Å². The van der Waals surface area contributed by atoms with Gasteiger partial charge in [0.05, 0.1) is 6.10 Å². The summed E-state index contributed by atoms with van der Waals surface area (Å²) in [5.41, 5.74) is 6.98. The van der Waals surface area contributed by atoms with Crippen LogP contribution in [0.2, 0.25) is 0 Å². The molecule has 0 radical (unpaired) electrons. The Balaban J connectivity index is 2.43. The fourth-order valence-corrected chi connectivity index (χ4v) is 2.08. The predicted molar refractivity (Wildman–Crippen MR) is 78.3 cm³/mol. The van der Waals surface area contributed by atoms with Crippen LogP contribution in [-0.2, 0) is 0 Å². The van der Waals surface area contributed by atoms with E-state index in [1.54, 1.807) is 0 Å². The molecule has 2 aromatic rings. The second-order valence-corrected chi connectivity index (χ2v) is 4.87. The third-order valence-corrected chi connectivity index (χ3v) is 3.29. The molecule has 0 heterocycles. The van der Waals surface area contributed by atoms with Gasteiger partial charge >= 0.3 is 0 Å². The van der Waals surface area contributed by atoms with E-state index in [-0.39, 0.29) is 6.04 Å². The summed E-state index contributed by atoms with van der Waals surface area (Å²) in [6.45, 7) is 4.17. The molecule has 0 saturated carbocycles. The Bertz CT molecular complexity index is 551. The van der Waals surface area contributed by atoms with Crippen LogP contribution in [0.1, 0.15) is 31.9 Å². The van der Waals surface area contributed by atoms with Gasteiger partial charge in [0, 0.05) is 17.0 Å². The van der Waals surface area contributed by atoms with E-state index in [4.69, 9.17) is 10.5 Å². The first-order valence-corrected chi connectivity index (χ1v) is 6.71. The van der Waals surface area contributed by atoms with Gasteiger partial charge in [-0.1, -0.05) is 43.3 Å². The van der Waals surface area contributed by atoms with Gasteiger partial charge in [-0.25, -0.2) is 0 Å². The summed E-state index contributed by atoms with van der Waals surface area (Å²) in [4.78, 5) is 0. The minimum atomic E-state index is -0.445. The van der Waals surface area contributed by atoms with E-state index in [2.05, 4.69) is 6.07 Å². The summed E-state index contributed by atoms with van der Waals surface area (Å²) in [6, 6.07) is 12.0. The second kappa shape index (κ2) is 6.04. The normalized spacial score (nSPS) is 14.3. The number of hydrogen-bond donors (Lipinski definition) is 2. The van der Waals surface area contributed by atoms with Crippen LogP contribution in [0, 0.1) is 0 Å². The maximum absolute atomic E-state index is 9.66. The molecule has 0 aliphatic carbocycles. The molecule has 0 spiro atoms. The quantitative estimate of drug-likeness (QED) is 0.867. The molecule has 2 rings (SSSR count). The third kappa shape index (κ3) is 3.06. The Morgan fingerprint density at radius 1 is 1.21 bits per heavy atom. The van der Waals surface area contributed by atoms with Crippen LogP contribution in [0.4, 0.5) is 0 Å². The monoisotopic (exact) mass is 259 g/mol. The molecule has 3 N–H and O–H groups in total. The van der Waals surface area contributed by atoms with Gasteiger partial charge in [-0.2, -0.15) is 0 Å². The molecule has 0 aliphatic heterocycles. The summed E-state index contributed by atoms with van der Waals surface area (Å²) in [5, 5.41) is 11.8. The number of fused-ring (bicyclic) bond motifs is 1. The van der Waals surface area contributed by atoms with Gasteiger partial charge in [-0.05, 0) is 18.7 Å². The lowest BCUT2D eigenvalue weighted by Crippen LogP contribution is -2.18. The number of ether oxygens (including phenoxy) is 1. The highest BCUT2D eigenvalue weighted by Crippen LogP contribution is 2.33. The molecule has 0 saturated heterocycles. The van der Waals surface area contributed by atoms with Crippen molar-refractivity contribution >= 4 is 10.8 Å². The number of hydrogen-bond acceptors (Lipinski definition) is 3. The van der Waals surface area contributed by atoms with E-state index >= 15 is 0 Å². The van der Waals surface area contributed by atoms with E-state index in [9.17, 15) is 5.11 Å². The van der Waals surface area contributed by atoms with Crippen LogP contribution in [-0.4, -0.2) is 17.8 Å². The average molecular weight is 259 g/mol. The summed E-state index contributed by atoms with van der Waals surface area (Å²) in [5.74, 6) is 0.792. The number of aliphatic hydroxyl groups is 1. The van der Waals surface area contributed by atoms with Crippen molar-refractivity contribution in [3.63, 3.8) is 0 Å². The van der Waals surface area contributed by atoms with Crippen molar-refractivity contribution in [3.05, 3.63) is 42.0 Å². The number of rotatable bonds is 5. The standard InChI is InChI=1S/C16H21NO2/c1-3-13(18)10-19-16-14(11(2)17)9-8-12-6-4-5-7-15(12)16/h4-9,11,13,18H,3,10,17H2,1-2H3/t11-,13?/m0/s1. The molecule has 3 heteroatoms. The lowest BCUT2D eigenvalue weighted by Gasteiger charge is -2.18. The smallest absolute Gasteiger partial charge is 0.132 e. The number of aliphatic hydroxyl groups excluding tert-OH is 1. The predicted octanol–water partition coefficient (Wildman–Crippen LogP) is 3.01. The number of benzene rings is 2. The van der Waals surface area contributed by atoms with Crippen LogP contribution in [0.5, 0.6) is 5.75 Å². The summed E-state index contributed by atoms with van der Waals surface area (Å²) >= 11 is 0. The zero-order valence-electron chi connectivity index (χ0n) is 11.5. The highest BCUT2D eigenvalue weighted by atomic mass is 16.5. The van der Waals surface area contributed by atoms with E-state index in [1.807, 2.05) is 44.2 Å². The van der Waals surface area contributed by atoms with Crippen LogP contribution in [0.25, 0.3) is 10.8 Å².